The average Bonchev–Trinajstić information content (AvgIpc) is 2.50. The summed E-state index contributed by atoms with van der Waals surface area (Å²) in [7, 11) is -4.04. The Hall–Kier alpha value is 0.756. The SMILES string of the molecule is CCCCCCCCCCCCC/C=C/C([O-])=NCCS(=O)(=O)O.[K+]. The molecule has 142 valence electrons. The minimum atomic E-state index is -4.04. The van der Waals surface area contributed by atoms with Crippen LogP contribution in [-0.4, -0.2) is 31.2 Å². The van der Waals surface area contributed by atoms with Crippen molar-refractivity contribution in [1.29, 1.82) is 0 Å². The Bertz CT molecular complexity index is 450. The molecular weight excluding hydrogens is 365 g/mol. The molecule has 7 heteroatoms. The molecule has 0 saturated heterocycles. The molecule has 25 heavy (non-hydrogen) atoms. The van der Waals surface area contributed by atoms with Crippen LogP contribution in [0.25, 0.3) is 0 Å². The molecule has 0 unspecified atom stereocenters. The zero-order valence-corrected chi connectivity index (χ0v) is 20.0. The van der Waals surface area contributed by atoms with Crippen molar-refractivity contribution in [2.24, 2.45) is 4.99 Å². The second-order valence-corrected chi connectivity index (χ2v) is 7.80. The van der Waals surface area contributed by atoms with E-state index in [1.54, 1.807) is 6.08 Å². The molecule has 0 atom stereocenters. The van der Waals surface area contributed by atoms with E-state index >= 15 is 0 Å². The van der Waals surface area contributed by atoms with Crippen LogP contribution in [0, 0.1) is 0 Å². The molecule has 0 heterocycles. The first-order chi connectivity index (χ1) is 11.5. The van der Waals surface area contributed by atoms with E-state index in [9.17, 15) is 13.5 Å². The van der Waals surface area contributed by atoms with Gasteiger partial charge in [-0.2, -0.15) is 8.42 Å². The molecule has 0 aliphatic carbocycles. The van der Waals surface area contributed by atoms with Gasteiger partial charge in [0.05, 0.1) is 12.3 Å². The van der Waals surface area contributed by atoms with Gasteiger partial charge in [0.2, 0.25) is 0 Å². The van der Waals surface area contributed by atoms with Crippen LogP contribution in [-0.2, 0) is 10.1 Å². The van der Waals surface area contributed by atoms with Crippen LogP contribution in [0.1, 0.15) is 84.0 Å². The van der Waals surface area contributed by atoms with E-state index in [0.29, 0.717) is 0 Å². The summed E-state index contributed by atoms with van der Waals surface area (Å²) in [6.45, 7) is 2.05. The molecular formula is C18H34KNO4S. The number of allylic oxidation sites excluding steroid dienone is 1. The molecule has 0 bridgehead atoms. The fourth-order valence-corrected chi connectivity index (χ4v) is 2.76. The molecule has 1 N–H and O–H groups in total. The maximum Gasteiger partial charge on any atom is 1.00 e. The van der Waals surface area contributed by atoms with Gasteiger partial charge in [0.25, 0.3) is 10.1 Å². The van der Waals surface area contributed by atoms with Crippen LogP contribution in [0.15, 0.2) is 17.1 Å². The number of hydrogen-bond donors (Lipinski definition) is 1. The van der Waals surface area contributed by atoms with Gasteiger partial charge >= 0.3 is 51.4 Å². The topological polar surface area (TPSA) is 89.8 Å². The first kappa shape index (κ1) is 28.0. The van der Waals surface area contributed by atoms with Crippen molar-refractivity contribution in [1.82, 2.24) is 0 Å². The quantitative estimate of drug-likeness (QED) is 0.137. The Morgan fingerprint density at radius 1 is 0.960 bits per heavy atom. The van der Waals surface area contributed by atoms with Gasteiger partial charge in [-0.05, 0) is 18.7 Å². The number of hydrogen-bond acceptors (Lipinski definition) is 4. The molecule has 0 amide bonds. The summed E-state index contributed by atoms with van der Waals surface area (Å²) in [5.41, 5.74) is 0. The summed E-state index contributed by atoms with van der Waals surface area (Å²) in [6, 6.07) is 0. The van der Waals surface area contributed by atoms with Crippen LogP contribution in [0.3, 0.4) is 0 Å². The minimum absolute atomic E-state index is 0. The van der Waals surface area contributed by atoms with Crippen molar-refractivity contribution in [2.45, 2.75) is 84.0 Å². The number of rotatable bonds is 16. The largest absolute Gasteiger partial charge is 1.00 e. The third kappa shape index (κ3) is 24.8. The third-order valence-corrected chi connectivity index (χ3v) is 4.55. The van der Waals surface area contributed by atoms with E-state index in [1.807, 2.05) is 0 Å². The van der Waals surface area contributed by atoms with Crippen molar-refractivity contribution in [3.05, 3.63) is 12.2 Å². The second-order valence-electron chi connectivity index (χ2n) is 6.23. The third-order valence-electron chi connectivity index (χ3n) is 3.85. The zero-order chi connectivity index (χ0) is 18.1. The number of unbranched alkanes of at least 4 members (excludes halogenated alkanes) is 11. The molecule has 0 rings (SSSR count). The van der Waals surface area contributed by atoms with Gasteiger partial charge in [-0.15, -0.1) is 0 Å². The average molecular weight is 400 g/mol. The van der Waals surface area contributed by atoms with Gasteiger partial charge in [-0.1, -0.05) is 83.3 Å². The number of aliphatic imine (C=N–C) groups is 1. The maximum atomic E-state index is 11.3. The summed E-state index contributed by atoms with van der Waals surface area (Å²) in [5.74, 6) is -0.952. The van der Waals surface area contributed by atoms with Crippen LogP contribution in [0.2, 0.25) is 0 Å². The molecule has 0 aliphatic rings. The van der Waals surface area contributed by atoms with Gasteiger partial charge in [0, 0.05) is 0 Å². The van der Waals surface area contributed by atoms with Crippen molar-refractivity contribution in [3.8, 4) is 0 Å². The Kier molecular flexibility index (Phi) is 21.8. The molecule has 0 radical (unpaired) electrons. The van der Waals surface area contributed by atoms with E-state index in [4.69, 9.17) is 4.55 Å². The summed E-state index contributed by atoms with van der Waals surface area (Å²) < 4.78 is 29.4. The normalized spacial score (nSPS) is 12.5. The molecule has 0 fully saturated rings. The summed E-state index contributed by atoms with van der Waals surface area (Å²) in [4.78, 5) is 3.54. The Morgan fingerprint density at radius 3 is 1.92 bits per heavy atom. The molecule has 0 spiro atoms. The van der Waals surface area contributed by atoms with Crippen molar-refractivity contribution in [2.75, 3.05) is 12.3 Å². The fraction of sp³-hybridized carbons (Fsp3) is 0.833. The molecule has 0 saturated carbocycles. The molecule has 0 aromatic rings. The minimum Gasteiger partial charge on any atom is -0.859 e. The predicted molar refractivity (Wildman–Crippen MR) is 98.9 cm³/mol. The number of nitrogens with zero attached hydrogens (tertiary/aromatic N) is 1. The first-order valence-electron chi connectivity index (χ1n) is 9.29. The van der Waals surface area contributed by atoms with Crippen LogP contribution in [0.5, 0.6) is 0 Å². The van der Waals surface area contributed by atoms with Gasteiger partial charge in [0.15, 0.2) is 0 Å². The summed E-state index contributed by atoms with van der Waals surface area (Å²) in [5, 5.41) is 11.3. The predicted octanol–water partition coefficient (Wildman–Crippen LogP) is 0.894. The first-order valence-corrected chi connectivity index (χ1v) is 10.9. The van der Waals surface area contributed by atoms with E-state index in [2.05, 4.69) is 11.9 Å². The molecule has 0 aliphatic heterocycles. The van der Waals surface area contributed by atoms with E-state index < -0.39 is 21.8 Å². The van der Waals surface area contributed by atoms with Crippen LogP contribution >= 0.6 is 0 Å². The zero-order valence-electron chi connectivity index (χ0n) is 16.1. The van der Waals surface area contributed by atoms with Crippen molar-refractivity contribution < 1.29 is 69.5 Å². The van der Waals surface area contributed by atoms with E-state index in [1.165, 1.54) is 70.3 Å². The Morgan fingerprint density at radius 2 is 1.44 bits per heavy atom. The molecule has 0 aromatic carbocycles. The monoisotopic (exact) mass is 399 g/mol. The van der Waals surface area contributed by atoms with Crippen molar-refractivity contribution in [3.63, 3.8) is 0 Å². The Balaban J connectivity index is 0. The maximum absolute atomic E-state index is 11.3. The van der Waals surface area contributed by atoms with Gasteiger partial charge in [-0.25, -0.2) is 0 Å². The Labute approximate surface area is 196 Å². The molecule has 0 aromatic heterocycles. The van der Waals surface area contributed by atoms with Gasteiger partial charge in [-0.3, -0.25) is 9.55 Å². The van der Waals surface area contributed by atoms with Gasteiger partial charge < -0.3 is 5.11 Å². The summed E-state index contributed by atoms with van der Waals surface area (Å²) >= 11 is 0. The van der Waals surface area contributed by atoms with E-state index in [0.717, 1.165) is 12.8 Å². The van der Waals surface area contributed by atoms with Crippen LogP contribution < -0.4 is 56.5 Å². The second kappa shape index (κ2) is 19.5. The standard InChI is InChI=1S/C18H35NO4S.K/c1-2-3-4-5-6-7-8-9-10-11-12-13-14-15-18(20)19-16-17-24(21,22)23;/h14-15H,2-13,16-17H2,1H3,(H,19,20)(H,21,22,23);/q;+1/p-1/b15-14+;. The van der Waals surface area contributed by atoms with Gasteiger partial charge in [0.1, 0.15) is 0 Å². The van der Waals surface area contributed by atoms with E-state index in [-0.39, 0.29) is 57.9 Å². The van der Waals surface area contributed by atoms with Crippen LogP contribution in [0.4, 0.5) is 0 Å². The summed E-state index contributed by atoms with van der Waals surface area (Å²) in [6.07, 6.45) is 18.2. The fourth-order valence-electron chi connectivity index (χ4n) is 2.43. The molecule has 5 nitrogen and oxygen atoms in total. The smallest absolute Gasteiger partial charge is 0.859 e. The van der Waals surface area contributed by atoms with Crippen molar-refractivity contribution >= 4 is 16.0 Å².